The number of sulfonamides is 1. The van der Waals surface area contributed by atoms with E-state index in [2.05, 4.69) is 9.82 Å². The second-order valence-corrected chi connectivity index (χ2v) is 6.90. The summed E-state index contributed by atoms with van der Waals surface area (Å²) in [5.41, 5.74) is 0. The van der Waals surface area contributed by atoms with E-state index in [9.17, 15) is 12.8 Å². The van der Waals surface area contributed by atoms with Gasteiger partial charge in [-0.3, -0.25) is 4.68 Å². The van der Waals surface area contributed by atoms with Crippen molar-refractivity contribution in [1.29, 1.82) is 0 Å². The minimum Gasteiger partial charge on any atom is -0.495 e. The number of methoxy groups -OCH3 is 1. The Bertz CT molecular complexity index is 890. The lowest BCUT2D eigenvalue weighted by molar-refractivity contribution is 0.396. The lowest BCUT2D eigenvalue weighted by atomic mass is 10.2. The van der Waals surface area contributed by atoms with Gasteiger partial charge in [-0.25, -0.2) is 17.5 Å². The SMILES string of the molecule is COc1ccc(F)cc1S(=O)(=O)NCC(c1ccco1)n1cccn1. The van der Waals surface area contributed by atoms with Crippen molar-refractivity contribution in [3.8, 4) is 5.75 Å². The number of hydrogen-bond acceptors (Lipinski definition) is 5. The van der Waals surface area contributed by atoms with Gasteiger partial charge in [0.15, 0.2) is 0 Å². The van der Waals surface area contributed by atoms with E-state index in [4.69, 9.17) is 9.15 Å². The lowest BCUT2D eigenvalue weighted by Crippen LogP contribution is -2.31. The third-order valence-electron chi connectivity index (χ3n) is 3.60. The molecule has 1 aromatic carbocycles. The number of furan rings is 1. The summed E-state index contributed by atoms with van der Waals surface area (Å²) >= 11 is 0. The number of aromatic nitrogens is 2. The van der Waals surface area contributed by atoms with Crippen molar-refractivity contribution in [2.24, 2.45) is 0 Å². The Labute approximate surface area is 144 Å². The predicted molar refractivity (Wildman–Crippen MR) is 87.2 cm³/mol. The Morgan fingerprint density at radius 1 is 1.36 bits per heavy atom. The molecular weight excluding hydrogens is 349 g/mol. The van der Waals surface area contributed by atoms with Gasteiger partial charge in [0.2, 0.25) is 10.0 Å². The second-order valence-electron chi connectivity index (χ2n) is 5.16. The molecule has 0 saturated heterocycles. The maximum Gasteiger partial charge on any atom is 0.244 e. The van der Waals surface area contributed by atoms with Gasteiger partial charge in [-0.2, -0.15) is 5.10 Å². The molecule has 2 heterocycles. The minimum absolute atomic E-state index is 0.0306. The fourth-order valence-electron chi connectivity index (χ4n) is 2.40. The van der Waals surface area contributed by atoms with Crippen LogP contribution >= 0.6 is 0 Å². The van der Waals surface area contributed by atoms with Crippen LogP contribution in [0.5, 0.6) is 5.75 Å². The van der Waals surface area contributed by atoms with Gasteiger partial charge in [0.25, 0.3) is 0 Å². The van der Waals surface area contributed by atoms with E-state index in [0.29, 0.717) is 5.76 Å². The molecule has 0 spiro atoms. The fraction of sp³-hybridized carbons (Fsp3) is 0.188. The largest absolute Gasteiger partial charge is 0.495 e. The molecule has 2 aromatic heterocycles. The van der Waals surface area contributed by atoms with Crippen LogP contribution in [0.1, 0.15) is 11.8 Å². The summed E-state index contributed by atoms with van der Waals surface area (Å²) in [7, 11) is -2.68. The van der Waals surface area contributed by atoms with Crippen LogP contribution in [0.25, 0.3) is 0 Å². The van der Waals surface area contributed by atoms with Crippen molar-refractivity contribution in [3.63, 3.8) is 0 Å². The van der Waals surface area contributed by atoms with E-state index in [0.717, 1.165) is 12.1 Å². The molecule has 0 amide bonds. The Morgan fingerprint density at radius 3 is 2.84 bits per heavy atom. The standard InChI is InChI=1S/C16H16FN3O4S/c1-23-15-6-5-12(17)10-16(15)25(21,22)19-11-13(14-4-2-9-24-14)20-8-3-7-18-20/h2-10,13,19H,11H2,1H3. The number of ether oxygens (including phenoxy) is 1. The van der Waals surface area contributed by atoms with Crippen LogP contribution in [0.15, 0.2) is 64.4 Å². The molecule has 1 unspecified atom stereocenters. The van der Waals surface area contributed by atoms with E-state index in [1.54, 1.807) is 35.3 Å². The summed E-state index contributed by atoms with van der Waals surface area (Å²) in [6.45, 7) is -0.0306. The van der Waals surface area contributed by atoms with Gasteiger partial charge in [0.1, 0.15) is 28.3 Å². The molecule has 0 fully saturated rings. The van der Waals surface area contributed by atoms with Crippen molar-refractivity contribution in [3.05, 3.63) is 66.6 Å². The molecule has 0 aliphatic heterocycles. The molecule has 3 rings (SSSR count). The highest BCUT2D eigenvalue weighted by atomic mass is 32.2. The maximum absolute atomic E-state index is 13.5. The molecule has 1 atom stereocenters. The van der Waals surface area contributed by atoms with Crippen LogP contribution < -0.4 is 9.46 Å². The van der Waals surface area contributed by atoms with Crippen LogP contribution in [0.2, 0.25) is 0 Å². The minimum atomic E-state index is -4.00. The van der Waals surface area contributed by atoms with Gasteiger partial charge in [0, 0.05) is 18.9 Å². The predicted octanol–water partition coefficient (Wildman–Crippen LogP) is 2.19. The van der Waals surface area contributed by atoms with Crippen molar-refractivity contribution < 1.29 is 22.0 Å². The highest BCUT2D eigenvalue weighted by Gasteiger charge is 2.24. The summed E-state index contributed by atoms with van der Waals surface area (Å²) in [6, 6.07) is 7.98. The zero-order valence-electron chi connectivity index (χ0n) is 13.3. The number of rotatable bonds is 7. The Morgan fingerprint density at radius 2 is 2.20 bits per heavy atom. The lowest BCUT2D eigenvalue weighted by Gasteiger charge is -2.17. The van der Waals surface area contributed by atoms with Crippen molar-refractivity contribution in [2.75, 3.05) is 13.7 Å². The van der Waals surface area contributed by atoms with Crippen LogP contribution in [0.4, 0.5) is 4.39 Å². The first kappa shape index (κ1) is 17.2. The Hall–Kier alpha value is -2.65. The molecule has 0 aliphatic rings. The summed E-state index contributed by atoms with van der Waals surface area (Å²) in [5.74, 6) is -0.0732. The number of benzene rings is 1. The fourth-order valence-corrected chi connectivity index (χ4v) is 3.61. The summed E-state index contributed by atoms with van der Waals surface area (Å²) in [4.78, 5) is -0.270. The molecule has 25 heavy (non-hydrogen) atoms. The second kappa shape index (κ2) is 7.08. The summed E-state index contributed by atoms with van der Waals surface area (Å²) < 4.78 is 53.1. The van der Waals surface area contributed by atoms with Crippen molar-refractivity contribution in [1.82, 2.24) is 14.5 Å². The topological polar surface area (TPSA) is 86.4 Å². The van der Waals surface area contributed by atoms with Gasteiger partial charge in [-0.05, 0) is 36.4 Å². The van der Waals surface area contributed by atoms with E-state index in [-0.39, 0.29) is 17.2 Å². The molecule has 0 saturated carbocycles. The molecule has 0 radical (unpaired) electrons. The molecule has 0 aliphatic carbocycles. The first-order valence-electron chi connectivity index (χ1n) is 7.37. The Kier molecular flexibility index (Phi) is 4.86. The molecule has 132 valence electrons. The third kappa shape index (κ3) is 3.72. The van der Waals surface area contributed by atoms with Crippen molar-refractivity contribution in [2.45, 2.75) is 10.9 Å². The van der Waals surface area contributed by atoms with E-state index in [1.807, 2.05) is 0 Å². The van der Waals surface area contributed by atoms with Crippen LogP contribution in [0, 0.1) is 5.82 Å². The van der Waals surface area contributed by atoms with Crippen molar-refractivity contribution >= 4 is 10.0 Å². The van der Waals surface area contributed by atoms with E-state index in [1.165, 1.54) is 19.4 Å². The number of hydrogen-bond donors (Lipinski definition) is 1. The number of nitrogens with one attached hydrogen (secondary N) is 1. The third-order valence-corrected chi connectivity index (χ3v) is 5.04. The average Bonchev–Trinajstić information content (AvgIpc) is 3.29. The molecule has 9 heteroatoms. The van der Waals surface area contributed by atoms with Crippen LogP contribution in [0.3, 0.4) is 0 Å². The number of nitrogens with zero attached hydrogens (tertiary/aromatic N) is 2. The van der Waals surface area contributed by atoms with Crippen LogP contribution in [-0.4, -0.2) is 31.9 Å². The first-order chi connectivity index (χ1) is 12.0. The molecule has 0 bridgehead atoms. The maximum atomic E-state index is 13.5. The van der Waals surface area contributed by atoms with Gasteiger partial charge in [-0.15, -0.1) is 0 Å². The molecular formula is C16H16FN3O4S. The Balaban J connectivity index is 1.87. The normalized spacial score (nSPS) is 12.9. The first-order valence-corrected chi connectivity index (χ1v) is 8.85. The number of halogens is 1. The van der Waals surface area contributed by atoms with Gasteiger partial charge >= 0.3 is 0 Å². The smallest absolute Gasteiger partial charge is 0.244 e. The highest BCUT2D eigenvalue weighted by Crippen LogP contribution is 2.25. The average molecular weight is 365 g/mol. The van der Waals surface area contributed by atoms with Gasteiger partial charge in [0.05, 0.1) is 13.4 Å². The van der Waals surface area contributed by atoms with E-state index >= 15 is 0 Å². The van der Waals surface area contributed by atoms with Gasteiger partial charge in [-0.1, -0.05) is 0 Å². The molecule has 7 nitrogen and oxygen atoms in total. The molecule has 3 aromatic rings. The summed E-state index contributed by atoms with van der Waals surface area (Å²) in [6.07, 6.45) is 4.78. The quantitative estimate of drug-likeness (QED) is 0.694. The highest BCUT2D eigenvalue weighted by molar-refractivity contribution is 7.89. The monoisotopic (exact) mass is 365 g/mol. The van der Waals surface area contributed by atoms with Gasteiger partial charge < -0.3 is 9.15 Å². The van der Waals surface area contributed by atoms with E-state index < -0.39 is 21.9 Å². The summed E-state index contributed by atoms with van der Waals surface area (Å²) in [5, 5.41) is 4.13. The zero-order chi connectivity index (χ0) is 17.9. The van der Waals surface area contributed by atoms with Crippen LogP contribution in [-0.2, 0) is 10.0 Å². The molecule has 1 N–H and O–H groups in total. The zero-order valence-corrected chi connectivity index (χ0v) is 14.1.